The first kappa shape index (κ1) is 27.9. The third kappa shape index (κ3) is 4.49. The Kier molecular flexibility index (Phi) is 5.89. The van der Waals surface area contributed by atoms with Crippen LogP contribution in [0.1, 0.15) is 0 Å². The summed E-state index contributed by atoms with van der Waals surface area (Å²) in [5, 5.41) is 5.35. The highest BCUT2D eigenvalue weighted by Gasteiger charge is 2.15. The highest BCUT2D eigenvalue weighted by molar-refractivity contribution is 6.10. The molecule has 0 N–H and O–H groups in total. The van der Waals surface area contributed by atoms with E-state index in [4.69, 9.17) is 13.3 Å². The maximum absolute atomic E-state index is 6.31. The van der Waals surface area contributed by atoms with Gasteiger partial charge in [0.15, 0.2) is 5.58 Å². The van der Waals surface area contributed by atoms with Gasteiger partial charge in [0.1, 0.15) is 33.4 Å². The van der Waals surface area contributed by atoms with Crippen molar-refractivity contribution in [2.45, 2.75) is 0 Å². The first-order valence-corrected chi connectivity index (χ1v) is 16.9. The molecular formula is C46H26N2O3. The van der Waals surface area contributed by atoms with E-state index >= 15 is 0 Å². The number of furan rings is 3. The summed E-state index contributed by atoms with van der Waals surface area (Å²) in [6.07, 6.45) is 3.63. The molecule has 0 amide bonds. The molecule has 5 aromatic heterocycles. The van der Waals surface area contributed by atoms with Crippen LogP contribution in [-0.2, 0) is 0 Å². The number of aromatic nitrogens is 2. The monoisotopic (exact) mass is 654 g/mol. The minimum absolute atomic E-state index is 0.795. The fraction of sp³-hybridized carbons (Fsp3) is 0. The minimum atomic E-state index is 0.795. The summed E-state index contributed by atoms with van der Waals surface area (Å²) >= 11 is 0. The predicted molar refractivity (Wildman–Crippen MR) is 206 cm³/mol. The molecule has 0 atom stereocenters. The molecule has 0 aliphatic carbocycles. The average molecular weight is 655 g/mol. The molecule has 0 saturated carbocycles. The molecule has 238 valence electrons. The van der Waals surface area contributed by atoms with Gasteiger partial charge in [-0.2, -0.15) is 0 Å². The largest absolute Gasteiger partial charge is 0.456 e. The van der Waals surface area contributed by atoms with Crippen LogP contribution >= 0.6 is 0 Å². The maximum atomic E-state index is 6.31. The first-order chi connectivity index (χ1) is 25.2. The second kappa shape index (κ2) is 10.8. The molecule has 5 nitrogen and oxygen atoms in total. The van der Waals surface area contributed by atoms with Crippen molar-refractivity contribution in [2.24, 2.45) is 0 Å². The summed E-state index contributed by atoms with van der Waals surface area (Å²) in [6.45, 7) is 0. The number of benzene rings is 6. The van der Waals surface area contributed by atoms with Crippen molar-refractivity contribution >= 4 is 65.9 Å². The number of rotatable bonds is 4. The van der Waals surface area contributed by atoms with Crippen molar-refractivity contribution in [3.05, 3.63) is 158 Å². The van der Waals surface area contributed by atoms with Crippen LogP contribution < -0.4 is 0 Å². The van der Waals surface area contributed by atoms with E-state index in [1.54, 1.807) is 6.20 Å². The van der Waals surface area contributed by atoms with Crippen LogP contribution in [0.4, 0.5) is 0 Å². The normalized spacial score (nSPS) is 11.9. The fourth-order valence-electron chi connectivity index (χ4n) is 7.44. The van der Waals surface area contributed by atoms with Gasteiger partial charge < -0.3 is 13.3 Å². The SMILES string of the molecule is c1ccc(-c2ccc3oc4ccc(-c5cccc(-c6ccc7oc8ccc(-c9ccc%10oc%11cccnc%11c%10c9)cc8c7c6)c5)cc4c3c2)nc1. The molecule has 0 saturated heterocycles. The van der Waals surface area contributed by atoms with Crippen LogP contribution in [0.2, 0.25) is 0 Å². The Hall–Kier alpha value is -6.98. The van der Waals surface area contributed by atoms with E-state index in [1.807, 2.05) is 48.7 Å². The van der Waals surface area contributed by atoms with Gasteiger partial charge in [-0.15, -0.1) is 0 Å². The Morgan fingerprint density at radius 1 is 0.294 bits per heavy atom. The molecular weight excluding hydrogens is 629 g/mol. The molecule has 51 heavy (non-hydrogen) atoms. The van der Waals surface area contributed by atoms with Crippen LogP contribution in [0, 0.1) is 0 Å². The molecule has 0 aliphatic rings. The third-order valence-corrected chi connectivity index (χ3v) is 9.99. The molecule has 0 bridgehead atoms. The van der Waals surface area contributed by atoms with Crippen molar-refractivity contribution < 1.29 is 13.3 Å². The summed E-state index contributed by atoms with van der Waals surface area (Å²) in [4.78, 5) is 9.12. The Morgan fingerprint density at radius 3 is 1.29 bits per heavy atom. The molecule has 11 aromatic rings. The number of pyridine rings is 2. The van der Waals surface area contributed by atoms with E-state index in [1.165, 1.54) is 0 Å². The smallest absolute Gasteiger partial charge is 0.153 e. The van der Waals surface area contributed by atoms with Crippen LogP contribution in [0.5, 0.6) is 0 Å². The Balaban J connectivity index is 0.980. The standard InChI is InChI=1S/C46H26N2O3/c1-2-19-47-39(7-1)33-13-18-43-37(26-33)36-23-30(10-15-42(36)50-43)28-6-3-5-27(21-28)29-9-14-40-34(22-29)35-24-31(11-16-41(35)49-40)32-12-17-44-38(25-32)46-45(51-44)8-4-20-48-46/h1-26H. The van der Waals surface area contributed by atoms with Crippen molar-refractivity contribution in [3.8, 4) is 44.6 Å². The third-order valence-electron chi connectivity index (χ3n) is 9.99. The highest BCUT2D eigenvalue weighted by Crippen LogP contribution is 2.39. The molecule has 11 rings (SSSR count). The molecule has 0 unspecified atom stereocenters. The highest BCUT2D eigenvalue weighted by atomic mass is 16.3. The summed E-state index contributed by atoms with van der Waals surface area (Å²) in [5.41, 5.74) is 14.7. The summed E-state index contributed by atoms with van der Waals surface area (Å²) in [5.74, 6) is 0. The summed E-state index contributed by atoms with van der Waals surface area (Å²) in [6, 6.07) is 50.4. The van der Waals surface area contributed by atoms with Crippen LogP contribution in [0.3, 0.4) is 0 Å². The number of hydrogen-bond acceptors (Lipinski definition) is 5. The molecule has 0 aliphatic heterocycles. The predicted octanol–water partition coefficient (Wildman–Crippen LogP) is 12.8. The lowest BCUT2D eigenvalue weighted by Gasteiger charge is -2.07. The van der Waals surface area contributed by atoms with E-state index < -0.39 is 0 Å². The average Bonchev–Trinajstić information content (AvgIpc) is 3.88. The Labute approximate surface area is 291 Å². The zero-order chi connectivity index (χ0) is 33.5. The zero-order valence-electron chi connectivity index (χ0n) is 27.1. The lowest BCUT2D eigenvalue weighted by Crippen LogP contribution is -1.83. The topological polar surface area (TPSA) is 65.2 Å². The Morgan fingerprint density at radius 2 is 0.745 bits per heavy atom. The van der Waals surface area contributed by atoms with Gasteiger partial charge in [0.05, 0.1) is 5.69 Å². The van der Waals surface area contributed by atoms with Gasteiger partial charge in [-0.25, -0.2) is 0 Å². The van der Waals surface area contributed by atoms with Gasteiger partial charge in [-0.3, -0.25) is 9.97 Å². The molecule has 5 heteroatoms. The van der Waals surface area contributed by atoms with Crippen molar-refractivity contribution in [3.63, 3.8) is 0 Å². The van der Waals surface area contributed by atoms with Gasteiger partial charge in [0, 0.05) is 44.9 Å². The van der Waals surface area contributed by atoms with Crippen molar-refractivity contribution in [1.82, 2.24) is 9.97 Å². The number of fused-ring (bicyclic) bond motifs is 9. The van der Waals surface area contributed by atoms with E-state index in [9.17, 15) is 0 Å². The van der Waals surface area contributed by atoms with Crippen LogP contribution in [0.15, 0.2) is 171 Å². The maximum Gasteiger partial charge on any atom is 0.153 e. The van der Waals surface area contributed by atoms with E-state index in [2.05, 4.69) is 113 Å². The molecule has 0 fully saturated rings. The van der Waals surface area contributed by atoms with E-state index in [0.29, 0.717) is 0 Å². The molecule has 0 radical (unpaired) electrons. The lowest BCUT2D eigenvalue weighted by molar-refractivity contribution is 0.668. The van der Waals surface area contributed by atoms with Gasteiger partial charge in [-0.1, -0.05) is 48.5 Å². The molecule has 0 spiro atoms. The van der Waals surface area contributed by atoms with E-state index in [0.717, 1.165) is 111 Å². The Bertz CT molecular complexity index is 3150. The molecule has 5 heterocycles. The number of nitrogens with zero attached hydrogens (tertiary/aromatic N) is 2. The quantitative estimate of drug-likeness (QED) is 0.189. The fourth-order valence-corrected chi connectivity index (χ4v) is 7.44. The van der Waals surface area contributed by atoms with Crippen LogP contribution in [0.25, 0.3) is 111 Å². The zero-order valence-corrected chi connectivity index (χ0v) is 27.1. The second-order valence-corrected chi connectivity index (χ2v) is 13.0. The molecule has 6 aromatic carbocycles. The summed E-state index contributed by atoms with van der Waals surface area (Å²) in [7, 11) is 0. The van der Waals surface area contributed by atoms with Crippen LogP contribution in [-0.4, -0.2) is 9.97 Å². The first-order valence-electron chi connectivity index (χ1n) is 16.9. The number of hydrogen-bond donors (Lipinski definition) is 0. The second-order valence-electron chi connectivity index (χ2n) is 13.0. The van der Waals surface area contributed by atoms with Gasteiger partial charge >= 0.3 is 0 Å². The van der Waals surface area contributed by atoms with Gasteiger partial charge in [-0.05, 0) is 130 Å². The van der Waals surface area contributed by atoms with Gasteiger partial charge in [0.2, 0.25) is 0 Å². The van der Waals surface area contributed by atoms with Gasteiger partial charge in [0.25, 0.3) is 0 Å². The lowest BCUT2D eigenvalue weighted by atomic mass is 9.96. The van der Waals surface area contributed by atoms with Crippen molar-refractivity contribution in [2.75, 3.05) is 0 Å². The summed E-state index contributed by atoms with van der Waals surface area (Å²) < 4.78 is 18.6. The van der Waals surface area contributed by atoms with Crippen molar-refractivity contribution in [1.29, 1.82) is 0 Å². The minimum Gasteiger partial charge on any atom is -0.456 e. The van der Waals surface area contributed by atoms with E-state index in [-0.39, 0.29) is 0 Å².